The van der Waals surface area contributed by atoms with Crippen LogP contribution in [-0.4, -0.2) is 5.78 Å². The Morgan fingerprint density at radius 2 is 1.57 bits per heavy atom. The lowest BCUT2D eigenvalue weighted by Gasteiger charge is -2.42. The number of hydrogen-bond acceptors (Lipinski definition) is 2. The van der Waals surface area contributed by atoms with E-state index in [9.17, 15) is 4.79 Å². The van der Waals surface area contributed by atoms with Crippen LogP contribution in [0.2, 0.25) is 0 Å². The maximum atomic E-state index is 11.7. The maximum Gasteiger partial charge on any atom is 0.157 e. The molecule has 2 aromatic rings. The fraction of sp³-hybridized carbons (Fsp3) is 0.211. The second-order valence-corrected chi connectivity index (χ2v) is 5.34. The van der Waals surface area contributed by atoms with E-state index in [1.165, 1.54) is 11.1 Å². The van der Waals surface area contributed by atoms with Gasteiger partial charge in [0.2, 0.25) is 0 Å². The Bertz CT molecular complexity index is 646. The summed E-state index contributed by atoms with van der Waals surface area (Å²) >= 11 is 0. The SMILES string of the molecule is CCC(=O)/C=C1/NC(c2ccccc2)C1c1ccccc1. The highest BCUT2D eigenvalue weighted by Gasteiger charge is 2.37. The molecule has 1 heterocycles. The molecule has 0 saturated carbocycles. The minimum atomic E-state index is 0.171. The Balaban J connectivity index is 1.94. The fourth-order valence-corrected chi connectivity index (χ4v) is 2.81. The molecule has 2 atom stereocenters. The summed E-state index contributed by atoms with van der Waals surface area (Å²) in [6, 6.07) is 21.0. The van der Waals surface area contributed by atoms with Gasteiger partial charge in [-0.1, -0.05) is 67.6 Å². The van der Waals surface area contributed by atoms with E-state index < -0.39 is 0 Å². The number of nitrogens with one attached hydrogen (secondary N) is 1. The number of carbonyl (C=O) groups is 1. The van der Waals surface area contributed by atoms with E-state index in [0.717, 1.165) is 5.70 Å². The van der Waals surface area contributed by atoms with Gasteiger partial charge in [-0.15, -0.1) is 0 Å². The van der Waals surface area contributed by atoms with Gasteiger partial charge in [-0.25, -0.2) is 0 Å². The molecule has 3 rings (SSSR count). The molecule has 1 aliphatic heterocycles. The monoisotopic (exact) mass is 277 g/mol. The van der Waals surface area contributed by atoms with Crippen molar-refractivity contribution in [2.75, 3.05) is 0 Å². The predicted molar refractivity (Wildman–Crippen MR) is 84.9 cm³/mol. The summed E-state index contributed by atoms with van der Waals surface area (Å²) in [6.07, 6.45) is 2.31. The summed E-state index contributed by atoms with van der Waals surface area (Å²) < 4.78 is 0. The third kappa shape index (κ3) is 2.75. The summed E-state index contributed by atoms with van der Waals surface area (Å²) in [5.41, 5.74) is 3.54. The topological polar surface area (TPSA) is 29.1 Å². The quantitative estimate of drug-likeness (QED) is 0.857. The molecule has 21 heavy (non-hydrogen) atoms. The van der Waals surface area contributed by atoms with Crippen LogP contribution < -0.4 is 5.32 Å². The number of benzene rings is 2. The maximum absolute atomic E-state index is 11.7. The molecule has 1 saturated heterocycles. The molecule has 0 aromatic heterocycles. The van der Waals surface area contributed by atoms with Gasteiger partial charge in [0, 0.05) is 24.1 Å². The number of carbonyl (C=O) groups excluding carboxylic acids is 1. The lowest BCUT2D eigenvalue weighted by Crippen LogP contribution is -2.42. The third-order valence-electron chi connectivity index (χ3n) is 3.97. The Morgan fingerprint density at radius 1 is 1.00 bits per heavy atom. The average molecular weight is 277 g/mol. The van der Waals surface area contributed by atoms with Crippen LogP contribution in [0.15, 0.2) is 72.4 Å². The van der Waals surface area contributed by atoms with E-state index >= 15 is 0 Å². The predicted octanol–water partition coefficient (Wildman–Crippen LogP) is 3.98. The van der Waals surface area contributed by atoms with E-state index in [4.69, 9.17) is 0 Å². The van der Waals surface area contributed by atoms with Crippen molar-refractivity contribution >= 4 is 5.78 Å². The Hall–Kier alpha value is -2.35. The first-order chi connectivity index (χ1) is 10.3. The van der Waals surface area contributed by atoms with Crippen LogP contribution in [0.25, 0.3) is 0 Å². The molecule has 2 heteroatoms. The first-order valence-corrected chi connectivity index (χ1v) is 7.40. The lowest BCUT2D eigenvalue weighted by atomic mass is 9.77. The highest BCUT2D eigenvalue weighted by Crippen LogP contribution is 2.44. The molecule has 2 aromatic carbocycles. The molecule has 1 N–H and O–H groups in total. The van der Waals surface area contributed by atoms with Gasteiger partial charge in [0.15, 0.2) is 5.78 Å². The fourth-order valence-electron chi connectivity index (χ4n) is 2.81. The molecule has 1 aliphatic rings. The molecular weight excluding hydrogens is 258 g/mol. The van der Waals surface area contributed by atoms with Crippen LogP contribution in [0.5, 0.6) is 0 Å². The number of allylic oxidation sites excluding steroid dienone is 1. The normalized spacial score (nSPS) is 22.4. The van der Waals surface area contributed by atoms with Crippen molar-refractivity contribution in [3.8, 4) is 0 Å². The summed E-state index contributed by atoms with van der Waals surface area (Å²) in [4.78, 5) is 11.7. The van der Waals surface area contributed by atoms with Crippen molar-refractivity contribution in [2.24, 2.45) is 0 Å². The zero-order chi connectivity index (χ0) is 14.7. The highest BCUT2D eigenvalue weighted by molar-refractivity contribution is 5.90. The summed E-state index contributed by atoms with van der Waals surface area (Å²) in [7, 11) is 0. The number of ketones is 1. The van der Waals surface area contributed by atoms with Crippen LogP contribution in [0.4, 0.5) is 0 Å². The second-order valence-electron chi connectivity index (χ2n) is 5.34. The third-order valence-corrected chi connectivity index (χ3v) is 3.97. The zero-order valence-corrected chi connectivity index (χ0v) is 12.1. The van der Waals surface area contributed by atoms with Crippen molar-refractivity contribution in [2.45, 2.75) is 25.3 Å². The average Bonchev–Trinajstić information content (AvgIpc) is 2.52. The van der Waals surface area contributed by atoms with Crippen LogP contribution in [0.1, 0.15) is 36.4 Å². The second kappa shape index (κ2) is 5.96. The molecule has 2 nitrogen and oxygen atoms in total. The standard InChI is InChI=1S/C19H19NO/c1-2-16(21)13-17-18(14-9-5-3-6-10-14)19(20-17)15-11-7-4-8-12-15/h3-13,18-20H,2H2,1H3/b17-13+. The molecule has 1 fully saturated rings. The van der Waals surface area contributed by atoms with E-state index in [0.29, 0.717) is 6.42 Å². The van der Waals surface area contributed by atoms with Crippen LogP contribution >= 0.6 is 0 Å². The summed E-state index contributed by atoms with van der Waals surface area (Å²) in [5.74, 6) is 0.411. The first kappa shape index (κ1) is 13.6. The van der Waals surface area contributed by atoms with Crippen molar-refractivity contribution in [3.05, 3.63) is 83.6 Å². The van der Waals surface area contributed by atoms with Gasteiger partial charge in [-0.2, -0.15) is 0 Å². The first-order valence-electron chi connectivity index (χ1n) is 7.40. The van der Waals surface area contributed by atoms with E-state index in [1.807, 2.05) is 19.1 Å². The van der Waals surface area contributed by atoms with Gasteiger partial charge in [0.1, 0.15) is 0 Å². The van der Waals surface area contributed by atoms with E-state index in [1.54, 1.807) is 6.08 Å². The molecule has 0 radical (unpaired) electrons. The zero-order valence-electron chi connectivity index (χ0n) is 12.1. The van der Waals surface area contributed by atoms with Gasteiger partial charge in [0.05, 0.1) is 6.04 Å². The minimum absolute atomic E-state index is 0.171. The van der Waals surface area contributed by atoms with Crippen molar-refractivity contribution in [1.82, 2.24) is 5.32 Å². The smallest absolute Gasteiger partial charge is 0.157 e. The van der Waals surface area contributed by atoms with E-state index in [-0.39, 0.29) is 17.7 Å². The van der Waals surface area contributed by atoms with E-state index in [2.05, 4.69) is 53.8 Å². The van der Waals surface area contributed by atoms with Crippen molar-refractivity contribution in [3.63, 3.8) is 0 Å². The number of rotatable bonds is 4. The number of hydrogen-bond donors (Lipinski definition) is 1. The van der Waals surface area contributed by atoms with Gasteiger partial charge in [0.25, 0.3) is 0 Å². The van der Waals surface area contributed by atoms with Crippen LogP contribution in [0, 0.1) is 0 Å². The van der Waals surface area contributed by atoms with Crippen LogP contribution in [-0.2, 0) is 4.79 Å². The molecule has 0 amide bonds. The highest BCUT2D eigenvalue weighted by atomic mass is 16.1. The molecule has 0 spiro atoms. The van der Waals surface area contributed by atoms with Gasteiger partial charge in [-0.05, 0) is 11.1 Å². The van der Waals surface area contributed by atoms with Crippen LogP contribution in [0.3, 0.4) is 0 Å². The Labute approximate surface area is 125 Å². The summed E-state index contributed by atoms with van der Waals surface area (Å²) in [6.45, 7) is 1.89. The lowest BCUT2D eigenvalue weighted by molar-refractivity contribution is -0.114. The summed E-state index contributed by atoms with van der Waals surface area (Å²) in [5, 5.41) is 3.45. The molecule has 2 unspecified atom stereocenters. The molecular formula is C19H19NO. The largest absolute Gasteiger partial charge is 0.380 e. The minimum Gasteiger partial charge on any atom is -0.380 e. The van der Waals surface area contributed by atoms with Gasteiger partial charge >= 0.3 is 0 Å². The molecule has 0 bridgehead atoms. The Kier molecular flexibility index (Phi) is 3.87. The van der Waals surface area contributed by atoms with Gasteiger partial charge < -0.3 is 5.32 Å². The Morgan fingerprint density at radius 3 is 2.14 bits per heavy atom. The van der Waals surface area contributed by atoms with Crippen molar-refractivity contribution < 1.29 is 4.79 Å². The molecule has 0 aliphatic carbocycles. The van der Waals surface area contributed by atoms with Gasteiger partial charge in [-0.3, -0.25) is 4.79 Å². The molecule has 106 valence electrons. The van der Waals surface area contributed by atoms with Crippen molar-refractivity contribution in [1.29, 1.82) is 0 Å².